The molecule has 1 aromatic heterocycles. The Bertz CT molecular complexity index is 920. The Balaban J connectivity index is 1.50. The van der Waals surface area contributed by atoms with Gasteiger partial charge in [-0.05, 0) is 25.0 Å². The highest BCUT2D eigenvalue weighted by molar-refractivity contribution is 7.89. The van der Waals surface area contributed by atoms with Crippen molar-refractivity contribution in [1.29, 1.82) is 0 Å². The van der Waals surface area contributed by atoms with Crippen LogP contribution in [0.15, 0.2) is 34.5 Å². The molecule has 8 nitrogen and oxygen atoms in total. The molecule has 1 N–H and O–H groups in total. The number of anilines is 1. The van der Waals surface area contributed by atoms with Crippen LogP contribution < -0.4 is 5.32 Å². The fraction of sp³-hybridized carbons (Fsp3) is 0.474. The number of amides is 1. The number of aromatic nitrogens is 1. The second-order valence-corrected chi connectivity index (χ2v) is 9.87. The highest BCUT2D eigenvalue weighted by Crippen LogP contribution is 2.26. The first-order chi connectivity index (χ1) is 13.9. The van der Waals surface area contributed by atoms with E-state index < -0.39 is 10.0 Å². The van der Waals surface area contributed by atoms with Crippen LogP contribution in [-0.2, 0) is 24.3 Å². The number of hydrogen-bond donors (Lipinski definition) is 1. The van der Waals surface area contributed by atoms with Crippen molar-refractivity contribution in [2.75, 3.05) is 39.2 Å². The quantitative estimate of drug-likeness (QED) is 0.603. The van der Waals surface area contributed by atoms with Crippen LogP contribution in [0.5, 0.6) is 0 Å². The molecule has 29 heavy (non-hydrogen) atoms. The number of hydrogen-bond acceptors (Lipinski definition) is 7. The van der Waals surface area contributed by atoms with Crippen molar-refractivity contribution in [2.45, 2.75) is 30.3 Å². The molecule has 0 saturated carbocycles. The summed E-state index contributed by atoms with van der Waals surface area (Å²) in [7, 11) is -0.480. The van der Waals surface area contributed by atoms with Crippen LogP contribution in [0.3, 0.4) is 0 Å². The van der Waals surface area contributed by atoms with E-state index in [2.05, 4.69) is 10.3 Å². The van der Waals surface area contributed by atoms with Crippen LogP contribution >= 0.6 is 11.3 Å². The molecule has 0 spiro atoms. The predicted octanol–water partition coefficient (Wildman–Crippen LogP) is 2.58. The minimum Gasteiger partial charge on any atom is -0.378 e. The van der Waals surface area contributed by atoms with Crippen LogP contribution in [0.1, 0.15) is 19.3 Å². The molecule has 1 aliphatic heterocycles. The lowest BCUT2D eigenvalue weighted by Crippen LogP contribution is -2.22. The molecule has 1 amide bonds. The maximum absolute atomic E-state index is 12.1. The number of nitrogens with zero attached hydrogens (tertiary/aromatic N) is 2. The number of carbonyl (C=O) groups is 1. The summed E-state index contributed by atoms with van der Waals surface area (Å²) in [6.45, 7) is 1.65. The van der Waals surface area contributed by atoms with E-state index in [4.69, 9.17) is 9.47 Å². The van der Waals surface area contributed by atoms with Crippen molar-refractivity contribution < 1.29 is 22.7 Å². The number of rotatable bonds is 9. The third kappa shape index (κ3) is 5.83. The third-order valence-electron chi connectivity index (χ3n) is 4.48. The number of carbonyl (C=O) groups excluding carboxylic acids is 1. The van der Waals surface area contributed by atoms with Gasteiger partial charge in [-0.25, -0.2) is 17.7 Å². The summed E-state index contributed by atoms with van der Waals surface area (Å²) in [5.41, 5.74) is 1.45. The van der Waals surface area contributed by atoms with Gasteiger partial charge in [-0.15, -0.1) is 11.3 Å². The molecule has 1 unspecified atom stereocenters. The van der Waals surface area contributed by atoms with E-state index in [1.54, 1.807) is 24.3 Å². The predicted molar refractivity (Wildman–Crippen MR) is 111 cm³/mol. The fourth-order valence-electron chi connectivity index (χ4n) is 2.81. The molecule has 0 aliphatic carbocycles. The summed E-state index contributed by atoms with van der Waals surface area (Å²) in [4.78, 5) is 16.7. The lowest BCUT2D eigenvalue weighted by atomic mass is 10.2. The van der Waals surface area contributed by atoms with Crippen LogP contribution in [0, 0.1) is 0 Å². The van der Waals surface area contributed by atoms with Crippen molar-refractivity contribution in [3.8, 4) is 11.3 Å². The summed E-state index contributed by atoms with van der Waals surface area (Å²) in [5, 5.41) is 5.08. The van der Waals surface area contributed by atoms with Crippen LogP contribution in [0.4, 0.5) is 5.13 Å². The van der Waals surface area contributed by atoms with E-state index in [1.165, 1.54) is 29.7 Å². The van der Waals surface area contributed by atoms with E-state index in [-0.39, 0.29) is 23.3 Å². The van der Waals surface area contributed by atoms with Crippen molar-refractivity contribution in [3.63, 3.8) is 0 Å². The SMILES string of the molecule is CN(C)S(=O)(=O)c1ccc(-c2csc(NC(=O)CCOCC3CCCO3)n2)cc1. The third-order valence-corrected chi connectivity index (χ3v) is 7.07. The molecule has 158 valence electrons. The highest BCUT2D eigenvalue weighted by Gasteiger charge is 2.18. The van der Waals surface area contributed by atoms with Gasteiger partial charge >= 0.3 is 0 Å². The zero-order valence-corrected chi connectivity index (χ0v) is 18.1. The van der Waals surface area contributed by atoms with E-state index in [0.717, 1.165) is 25.0 Å². The van der Waals surface area contributed by atoms with Crippen LogP contribution in [0.25, 0.3) is 11.3 Å². The standard InChI is InChI=1S/C19H25N3O5S2/c1-22(2)29(24,25)16-7-5-14(6-8-16)17-13-28-19(20-17)21-18(23)9-11-26-12-15-4-3-10-27-15/h5-8,13,15H,3-4,9-12H2,1-2H3,(H,20,21,23). The average molecular weight is 440 g/mol. The molecule has 1 aliphatic rings. The zero-order valence-electron chi connectivity index (χ0n) is 16.5. The molecule has 1 fully saturated rings. The first kappa shape index (κ1) is 21.8. The van der Waals surface area contributed by atoms with Gasteiger partial charge in [0.2, 0.25) is 15.9 Å². The van der Waals surface area contributed by atoms with Crippen molar-refractivity contribution in [1.82, 2.24) is 9.29 Å². The monoisotopic (exact) mass is 439 g/mol. The van der Waals surface area contributed by atoms with Gasteiger partial charge < -0.3 is 14.8 Å². The zero-order chi connectivity index (χ0) is 20.9. The fourth-order valence-corrected chi connectivity index (χ4v) is 4.45. The van der Waals surface area contributed by atoms with Crippen LogP contribution in [0.2, 0.25) is 0 Å². The summed E-state index contributed by atoms with van der Waals surface area (Å²) >= 11 is 1.32. The summed E-state index contributed by atoms with van der Waals surface area (Å²) in [6, 6.07) is 6.51. The van der Waals surface area contributed by atoms with E-state index in [1.807, 2.05) is 5.38 Å². The smallest absolute Gasteiger partial charge is 0.242 e. The molecule has 1 atom stereocenters. The minimum absolute atomic E-state index is 0.152. The molecular weight excluding hydrogens is 414 g/mol. The van der Waals surface area contributed by atoms with E-state index >= 15 is 0 Å². The van der Waals surface area contributed by atoms with Crippen molar-refractivity contribution >= 4 is 32.4 Å². The lowest BCUT2D eigenvalue weighted by Gasteiger charge is -2.11. The maximum atomic E-state index is 12.1. The molecule has 1 aromatic carbocycles. The number of benzene rings is 1. The largest absolute Gasteiger partial charge is 0.378 e. The van der Waals surface area contributed by atoms with E-state index in [0.29, 0.717) is 24.0 Å². The van der Waals surface area contributed by atoms with Crippen molar-refractivity contribution in [3.05, 3.63) is 29.6 Å². The van der Waals surface area contributed by atoms with Crippen molar-refractivity contribution in [2.24, 2.45) is 0 Å². The van der Waals surface area contributed by atoms with Gasteiger partial charge in [-0.1, -0.05) is 12.1 Å². The number of nitrogens with one attached hydrogen (secondary N) is 1. The highest BCUT2D eigenvalue weighted by atomic mass is 32.2. The molecular formula is C19H25N3O5S2. The Morgan fingerprint density at radius 1 is 1.34 bits per heavy atom. The normalized spacial score (nSPS) is 17.0. The number of ether oxygens (including phenoxy) is 2. The second-order valence-electron chi connectivity index (χ2n) is 6.86. The molecule has 10 heteroatoms. The summed E-state index contributed by atoms with van der Waals surface area (Å²) in [5.74, 6) is -0.161. The maximum Gasteiger partial charge on any atom is 0.242 e. The first-order valence-corrected chi connectivity index (χ1v) is 11.7. The number of thiazole rings is 1. The van der Waals surface area contributed by atoms with E-state index in [9.17, 15) is 13.2 Å². The first-order valence-electron chi connectivity index (χ1n) is 9.34. The average Bonchev–Trinajstić information content (AvgIpc) is 3.37. The Morgan fingerprint density at radius 3 is 2.76 bits per heavy atom. The Labute approximate surface area is 174 Å². The van der Waals surface area contributed by atoms with Gasteiger partial charge in [0.05, 0.1) is 36.3 Å². The van der Waals surface area contributed by atoms with Crippen LogP contribution in [-0.4, -0.2) is 63.6 Å². The second kappa shape index (κ2) is 9.77. The van der Waals surface area contributed by atoms with Gasteiger partial charge in [-0.2, -0.15) is 0 Å². The Morgan fingerprint density at radius 2 is 2.10 bits per heavy atom. The topological polar surface area (TPSA) is 97.8 Å². The Hall–Kier alpha value is -1.85. The molecule has 1 saturated heterocycles. The molecule has 2 aromatic rings. The molecule has 0 radical (unpaired) electrons. The van der Waals surface area contributed by atoms with Gasteiger partial charge in [-0.3, -0.25) is 4.79 Å². The Kier molecular flexibility index (Phi) is 7.36. The molecule has 2 heterocycles. The minimum atomic E-state index is -3.46. The van der Waals surface area contributed by atoms with Gasteiger partial charge in [0.25, 0.3) is 0 Å². The lowest BCUT2D eigenvalue weighted by molar-refractivity contribution is -0.117. The van der Waals surface area contributed by atoms with Gasteiger partial charge in [0.15, 0.2) is 5.13 Å². The summed E-state index contributed by atoms with van der Waals surface area (Å²) < 4.78 is 36.4. The van der Waals surface area contributed by atoms with Gasteiger partial charge in [0, 0.05) is 31.6 Å². The van der Waals surface area contributed by atoms with Gasteiger partial charge in [0.1, 0.15) is 0 Å². The molecule has 0 bridgehead atoms. The summed E-state index contributed by atoms with van der Waals surface area (Å²) in [6.07, 6.45) is 2.47. The molecule has 3 rings (SSSR count). The number of sulfonamides is 1.